The fraction of sp³-hybridized carbons (Fsp3) is 0.550. The molecule has 4 rings (SSSR count). The van der Waals surface area contributed by atoms with Crippen LogP contribution in [0.25, 0.3) is 0 Å². The Kier molecular flexibility index (Phi) is 5.11. The zero-order valence-corrected chi connectivity index (χ0v) is 15.9. The van der Waals surface area contributed by atoms with E-state index in [-0.39, 0.29) is 18.1 Å². The number of carbonyl (C=O) groups excluding carboxylic acids is 1. The van der Waals surface area contributed by atoms with Crippen molar-refractivity contribution >= 4 is 5.91 Å². The molecular formula is C20H26N4O3. The van der Waals surface area contributed by atoms with Crippen LogP contribution in [0.3, 0.4) is 0 Å². The number of carbonyl (C=O) groups is 1. The fourth-order valence-corrected chi connectivity index (χ4v) is 3.87. The highest BCUT2D eigenvalue weighted by atomic mass is 16.5. The topological polar surface area (TPSA) is 78.3 Å². The van der Waals surface area contributed by atoms with Gasteiger partial charge in [0.1, 0.15) is 11.9 Å². The van der Waals surface area contributed by atoms with E-state index < -0.39 is 0 Å². The molecule has 1 aliphatic carbocycles. The van der Waals surface area contributed by atoms with Gasteiger partial charge >= 0.3 is 0 Å². The van der Waals surface area contributed by atoms with Crippen molar-refractivity contribution in [2.75, 3.05) is 7.11 Å². The number of nitrogens with zero attached hydrogens (tertiary/aromatic N) is 3. The standard InChI is InChI=1S/C20H26N4O3/c1-13-3-7-15(8-4-13)21-20(25)19-17-12-27-18(11-24(17)23-22-19)14-5-9-16(26-2)10-6-14/h5-6,9-10,13,15,18H,3-4,7-8,11-12H2,1-2H3,(H,21,25)/t13?,15?,18-/m1/s1. The van der Waals surface area contributed by atoms with E-state index in [2.05, 4.69) is 22.6 Å². The molecule has 1 aromatic carbocycles. The number of aromatic nitrogens is 3. The van der Waals surface area contributed by atoms with Gasteiger partial charge in [0.05, 0.1) is 26.0 Å². The van der Waals surface area contributed by atoms with Crippen molar-refractivity contribution in [2.45, 2.75) is 57.9 Å². The maximum Gasteiger partial charge on any atom is 0.274 e. The van der Waals surface area contributed by atoms with E-state index in [9.17, 15) is 4.79 Å². The molecule has 0 unspecified atom stereocenters. The minimum absolute atomic E-state index is 0.110. The lowest BCUT2D eigenvalue weighted by Crippen LogP contribution is -2.38. The summed E-state index contributed by atoms with van der Waals surface area (Å²) in [6.07, 6.45) is 4.29. The van der Waals surface area contributed by atoms with Crippen molar-refractivity contribution in [3.63, 3.8) is 0 Å². The van der Waals surface area contributed by atoms with Crippen molar-refractivity contribution in [1.29, 1.82) is 0 Å². The van der Waals surface area contributed by atoms with E-state index in [1.165, 1.54) is 0 Å². The third-order valence-electron chi connectivity index (χ3n) is 5.65. The number of methoxy groups -OCH3 is 1. The molecule has 2 aliphatic rings. The Morgan fingerprint density at radius 3 is 2.67 bits per heavy atom. The summed E-state index contributed by atoms with van der Waals surface area (Å²) in [6, 6.07) is 8.05. The molecule has 0 radical (unpaired) electrons. The van der Waals surface area contributed by atoms with Gasteiger partial charge in [0.25, 0.3) is 5.91 Å². The molecule has 1 fully saturated rings. The van der Waals surface area contributed by atoms with Crippen LogP contribution in [-0.4, -0.2) is 34.1 Å². The van der Waals surface area contributed by atoms with E-state index in [1.807, 2.05) is 24.3 Å². The molecule has 0 spiro atoms. The van der Waals surface area contributed by atoms with Gasteiger partial charge in [-0.05, 0) is 49.3 Å². The minimum atomic E-state index is -0.137. The summed E-state index contributed by atoms with van der Waals surface area (Å²) >= 11 is 0. The number of hydrogen-bond acceptors (Lipinski definition) is 5. The fourth-order valence-electron chi connectivity index (χ4n) is 3.87. The average molecular weight is 370 g/mol. The lowest BCUT2D eigenvalue weighted by atomic mass is 9.87. The first-order valence-corrected chi connectivity index (χ1v) is 9.63. The molecule has 144 valence electrons. The van der Waals surface area contributed by atoms with Gasteiger partial charge in [-0.1, -0.05) is 24.3 Å². The van der Waals surface area contributed by atoms with Crippen LogP contribution in [0.5, 0.6) is 5.75 Å². The summed E-state index contributed by atoms with van der Waals surface area (Å²) < 4.78 is 13.0. The molecule has 27 heavy (non-hydrogen) atoms. The highest BCUT2D eigenvalue weighted by Gasteiger charge is 2.29. The zero-order valence-electron chi connectivity index (χ0n) is 15.9. The number of rotatable bonds is 4. The van der Waals surface area contributed by atoms with E-state index in [1.54, 1.807) is 11.8 Å². The number of ether oxygens (including phenoxy) is 2. The summed E-state index contributed by atoms with van der Waals surface area (Å²) in [6.45, 7) is 3.14. The lowest BCUT2D eigenvalue weighted by Gasteiger charge is -2.27. The van der Waals surface area contributed by atoms with Gasteiger partial charge in [-0.15, -0.1) is 5.10 Å². The number of benzene rings is 1. The summed E-state index contributed by atoms with van der Waals surface area (Å²) in [7, 11) is 1.65. The van der Waals surface area contributed by atoms with E-state index in [0.717, 1.165) is 48.6 Å². The molecule has 1 aromatic heterocycles. The van der Waals surface area contributed by atoms with Crippen LogP contribution in [0.2, 0.25) is 0 Å². The van der Waals surface area contributed by atoms with Gasteiger partial charge in [-0.3, -0.25) is 4.79 Å². The Bertz CT molecular complexity index is 794. The molecule has 1 saturated carbocycles. The Morgan fingerprint density at radius 1 is 1.22 bits per heavy atom. The van der Waals surface area contributed by atoms with Crippen LogP contribution >= 0.6 is 0 Å². The lowest BCUT2D eigenvalue weighted by molar-refractivity contribution is -0.00180. The number of hydrogen-bond donors (Lipinski definition) is 1. The summed E-state index contributed by atoms with van der Waals surface area (Å²) in [5, 5.41) is 11.5. The largest absolute Gasteiger partial charge is 0.497 e. The molecule has 0 saturated heterocycles. The van der Waals surface area contributed by atoms with Crippen LogP contribution in [0.1, 0.15) is 60.5 Å². The van der Waals surface area contributed by atoms with Crippen LogP contribution in [0.4, 0.5) is 0 Å². The molecule has 1 amide bonds. The van der Waals surface area contributed by atoms with Crippen LogP contribution in [0, 0.1) is 5.92 Å². The third-order valence-corrected chi connectivity index (χ3v) is 5.65. The quantitative estimate of drug-likeness (QED) is 0.895. The van der Waals surface area contributed by atoms with Gasteiger partial charge in [-0.2, -0.15) is 0 Å². The predicted octanol–water partition coefficient (Wildman–Crippen LogP) is 2.87. The van der Waals surface area contributed by atoms with Gasteiger partial charge in [0.15, 0.2) is 5.69 Å². The molecule has 7 heteroatoms. The second-order valence-electron chi connectivity index (χ2n) is 7.57. The summed E-state index contributed by atoms with van der Waals surface area (Å²) in [4.78, 5) is 12.7. The monoisotopic (exact) mass is 370 g/mol. The van der Waals surface area contributed by atoms with Gasteiger partial charge in [-0.25, -0.2) is 4.68 Å². The highest BCUT2D eigenvalue weighted by molar-refractivity contribution is 5.93. The first-order chi connectivity index (χ1) is 13.1. The first-order valence-electron chi connectivity index (χ1n) is 9.63. The van der Waals surface area contributed by atoms with Crippen molar-refractivity contribution in [1.82, 2.24) is 20.3 Å². The van der Waals surface area contributed by atoms with Crippen LogP contribution < -0.4 is 10.1 Å². The second-order valence-corrected chi connectivity index (χ2v) is 7.57. The Balaban J connectivity index is 1.42. The van der Waals surface area contributed by atoms with Gasteiger partial charge < -0.3 is 14.8 Å². The van der Waals surface area contributed by atoms with Crippen LogP contribution in [-0.2, 0) is 17.9 Å². The SMILES string of the molecule is COc1ccc([C@H]2Cn3nnc(C(=O)NC4CCC(C)CC4)c3CO2)cc1. The predicted molar refractivity (Wildman–Crippen MR) is 99.4 cm³/mol. The van der Waals surface area contributed by atoms with Crippen molar-refractivity contribution < 1.29 is 14.3 Å². The summed E-state index contributed by atoms with van der Waals surface area (Å²) in [5.74, 6) is 1.43. The molecule has 1 atom stereocenters. The van der Waals surface area contributed by atoms with E-state index >= 15 is 0 Å². The van der Waals surface area contributed by atoms with Gasteiger partial charge in [0.2, 0.25) is 0 Å². The maximum absolute atomic E-state index is 12.7. The van der Waals surface area contributed by atoms with Crippen molar-refractivity contribution in [2.24, 2.45) is 5.92 Å². The van der Waals surface area contributed by atoms with Crippen LogP contribution in [0.15, 0.2) is 24.3 Å². The molecule has 1 aliphatic heterocycles. The average Bonchev–Trinajstić information content (AvgIpc) is 3.13. The highest BCUT2D eigenvalue weighted by Crippen LogP contribution is 2.28. The smallest absolute Gasteiger partial charge is 0.274 e. The third kappa shape index (κ3) is 3.83. The van der Waals surface area contributed by atoms with E-state index in [4.69, 9.17) is 9.47 Å². The van der Waals surface area contributed by atoms with Gasteiger partial charge in [0, 0.05) is 6.04 Å². The Morgan fingerprint density at radius 2 is 1.96 bits per heavy atom. The van der Waals surface area contributed by atoms with Crippen molar-refractivity contribution in [3.05, 3.63) is 41.2 Å². The normalized spacial score (nSPS) is 24.9. The van der Waals surface area contributed by atoms with E-state index in [0.29, 0.717) is 18.8 Å². The molecule has 1 N–H and O–H groups in total. The molecular weight excluding hydrogens is 344 g/mol. The Labute approximate surface area is 159 Å². The minimum Gasteiger partial charge on any atom is -0.497 e. The van der Waals surface area contributed by atoms with Crippen molar-refractivity contribution in [3.8, 4) is 5.75 Å². The second kappa shape index (κ2) is 7.68. The first kappa shape index (κ1) is 18.0. The number of amides is 1. The number of nitrogens with one attached hydrogen (secondary N) is 1. The molecule has 7 nitrogen and oxygen atoms in total. The molecule has 0 bridgehead atoms. The maximum atomic E-state index is 12.7. The molecule has 2 aromatic rings. The molecule has 2 heterocycles. The Hall–Kier alpha value is -2.41. The zero-order chi connectivity index (χ0) is 18.8. The number of fused-ring (bicyclic) bond motifs is 1. The summed E-state index contributed by atoms with van der Waals surface area (Å²) in [5.41, 5.74) is 2.20.